The Morgan fingerprint density at radius 1 is 1.18 bits per heavy atom. The van der Waals surface area contributed by atoms with E-state index in [1.165, 1.54) is 11.6 Å². The average Bonchev–Trinajstić information content (AvgIpc) is 3.20. The Labute approximate surface area is 159 Å². The third-order valence-corrected chi connectivity index (χ3v) is 4.78. The number of carbonyl (C=O) groups excluding carboxylic acids is 1. The predicted octanol–water partition coefficient (Wildman–Crippen LogP) is 0.883. The molecule has 0 unspecified atom stereocenters. The largest absolute Gasteiger partial charge is 0.368 e. The van der Waals surface area contributed by atoms with Gasteiger partial charge in [-0.25, -0.2) is 9.36 Å². The monoisotopic (exact) mass is 380 g/mol. The summed E-state index contributed by atoms with van der Waals surface area (Å²) in [6, 6.07) is 9.85. The molecule has 0 atom stereocenters. The maximum Gasteiger partial charge on any atom is 0.332 e. The summed E-state index contributed by atoms with van der Waals surface area (Å²) < 4.78 is 5.79. The molecule has 9 nitrogen and oxygen atoms in total. The summed E-state index contributed by atoms with van der Waals surface area (Å²) in [6.07, 6.45) is 1.83. The first kappa shape index (κ1) is 17.8. The number of rotatable bonds is 4. The van der Waals surface area contributed by atoms with Crippen molar-refractivity contribution >= 4 is 22.8 Å². The molecule has 0 aliphatic carbocycles. The van der Waals surface area contributed by atoms with Crippen molar-refractivity contribution in [3.05, 3.63) is 57.4 Å². The van der Waals surface area contributed by atoms with Crippen molar-refractivity contribution in [1.82, 2.24) is 23.1 Å². The predicted molar refractivity (Wildman–Crippen MR) is 105 cm³/mol. The van der Waals surface area contributed by atoms with Crippen LogP contribution in [-0.4, -0.2) is 29.0 Å². The molecule has 0 saturated heterocycles. The van der Waals surface area contributed by atoms with Crippen molar-refractivity contribution in [2.75, 3.05) is 0 Å². The number of aryl methyl sites for hydroxylation is 1. The first-order chi connectivity index (χ1) is 13.3. The van der Waals surface area contributed by atoms with Gasteiger partial charge in [-0.05, 0) is 19.4 Å². The number of hydrogen-bond donors (Lipinski definition) is 1. The highest BCUT2D eigenvalue weighted by atomic mass is 16.2. The zero-order valence-electron chi connectivity index (χ0n) is 15.8. The van der Waals surface area contributed by atoms with Crippen LogP contribution in [0.3, 0.4) is 0 Å². The maximum absolute atomic E-state index is 13.0. The van der Waals surface area contributed by atoms with Crippen LogP contribution in [0.5, 0.6) is 0 Å². The molecule has 3 aromatic heterocycles. The second-order valence-electron chi connectivity index (χ2n) is 7.00. The lowest BCUT2D eigenvalue weighted by atomic mass is 10.1. The molecule has 0 bridgehead atoms. The van der Waals surface area contributed by atoms with Gasteiger partial charge in [0.15, 0.2) is 11.2 Å². The van der Waals surface area contributed by atoms with Crippen LogP contribution in [0.2, 0.25) is 0 Å². The zero-order chi connectivity index (χ0) is 20.2. The fourth-order valence-electron chi connectivity index (χ4n) is 3.54. The van der Waals surface area contributed by atoms with E-state index in [1.54, 1.807) is 4.40 Å². The molecule has 0 spiro atoms. The molecule has 2 N–H and O–H groups in total. The minimum absolute atomic E-state index is 0.0643. The van der Waals surface area contributed by atoms with E-state index in [9.17, 15) is 14.4 Å². The fourth-order valence-corrected chi connectivity index (χ4v) is 3.54. The SMILES string of the molecule is CC(C)n1c(-c2ccccc2)cn2c3c(=O)n(CC(N)=O)c(=O)n(C)c3nc12. The van der Waals surface area contributed by atoms with Crippen LogP contribution in [0, 0.1) is 0 Å². The van der Waals surface area contributed by atoms with Crippen molar-refractivity contribution in [2.24, 2.45) is 12.8 Å². The number of primary amides is 1. The van der Waals surface area contributed by atoms with Crippen LogP contribution in [0.1, 0.15) is 19.9 Å². The minimum Gasteiger partial charge on any atom is -0.368 e. The first-order valence-electron chi connectivity index (χ1n) is 8.87. The lowest BCUT2D eigenvalue weighted by Gasteiger charge is -2.12. The van der Waals surface area contributed by atoms with Crippen molar-refractivity contribution in [1.29, 1.82) is 0 Å². The highest BCUT2D eigenvalue weighted by molar-refractivity contribution is 5.79. The second-order valence-corrected chi connectivity index (χ2v) is 7.00. The van der Waals surface area contributed by atoms with Gasteiger partial charge in [-0.1, -0.05) is 30.3 Å². The zero-order valence-corrected chi connectivity index (χ0v) is 15.8. The summed E-state index contributed by atoms with van der Waals surface area (Å²) in [5, 5.41) is 0. The summed E-state index contributed by atoms with van der Waals surface area (Å²) in [5.74, 6) is -0.211. The third-order valence-electron chi connectivity index (χ3n) is 4.78. The topological polar surface area (TPSA) is 109 Å². The van der Waals surface area contributed by atoms with Crippen molar-refractivity contribution in [2.45, 2.75) is 26.4 Å². The average molecular weight is 380 g/mol. The number of hydrogen-bond acceptors (Lipinski definition) is 4. The van der Waals surface area contributed by atoms with Crippen LogP contribution in [0.25, 0.3) is 28.2 Å². The highest BCUT2D eigenvalue weighted by Crippen LogP contribution is 2.28. The Bertz CT molecular complexity index is 1340. The van der Waals surface area contributed by atoms with Crippen molar-refractivity contribution in [3.8, 4) is 11.3 Å². The van der Waals surface area contributed by atoms with E-state index < -0.39 is 23.7 Å². The maximum atomic E-state index is 13.0. The lowest BCUT2D eigenvalue weighted by Crippen LogP contribution is -2.42. The van der Waals surface area contributed by atoms with Gasteiger partial charge >= 0.3 is 5.69 Å². The van der Waals surface area contributed by atoms with Crippen molar-refractivity contribution < 1.29 is 4.79 Å². The fraction of sp³-hybridized carbons (Fsp3) is 0.263. The van der Waals surface area contributed by atoms with Crippen LogP contribution in [0.15, 0.2) is 46.1 Å². The Hall–Kier alpha value is -3.62. The summed E-state index contributed by atoms with van der Waals surface area (Å²) in [4.78, 5) is 41.4. The van der Waals surface area contributed by atoms with E-state index in [0.717, 1.165) is 15.8 Å². The Morgan fingerprint density at radius 2 is 1.86 bits per heavy atom. The minimum atomic E-state index is -0.760. The molecule has 144 valence electrons. The highest BCUT2D eigenvalue weighted by Gasteiger charge is 2.23. The summed E-state index contributed by atoms with van der Waals surface area (Å²) >= 11 is 0. The molecule has 0 saturated carbocycles. The van der Waals surface area contributed by atoms with E-state index in [-0.39, 0.29) is 17.2 Å². The van der Waals surface area contributed by atoms with Gasteiger partial charge in [-0.15, -0.1) is 0 Å². The normalized spacial score (nSPS) is 11.7. The Morgan fingerprint density at radius 3 is 2.46 bits per heavy atom. The number of amides is 1. The molecular formula is C19H20N6O3. The van der Waals surface area contributed by atoms with Gasteiger partial charge in [0.1, 0.15) is 6.54 Å². The molecule has 28 heavy (non-hydrogen) atoms. The van der Waals surface area contributed by atoms with E-state index in [0.29, 0.717) is 5.78 Å². The Balaban J connectivity index is 2.15. The van der Waals surface area contributed by atoms with Gasteiger partial charge in [-0.2, -0.15) is 4.98 Å². The van der Waals surface area contributed by atoms with Crippen molar-refractivity contribution in [3.63, 3.8) is 0 Å². The molecule has 3 heterocycles. The van der Waals surface area contributed by atoms with E-state index in [2.05, 4.69) is 4.98 Å². The third kappa shape index (κ3) is 2.47. The number of nitrogens with zero attached hydrogens (tertiary/aromatic N) is 5. The van der Waals surface area contributed by atoms with Gasteiger partial charge in [0.25, 0.3) is 5.56 Å². The van der Waals surface area contributed by atoms with Gasteiger partial charge in [0.05, 0.1) is 5.69 Å². The standard InChI is InChI=1S/C19H20N6O3/c1-11(2)25-13(12-7-5-4-6-8-12)9-23-15-16(21-18(23)25)22(3)19(28)24(17(15)27)10-14(20)26/h4-9,11H,10H2,1-3H3,(H2,20,26). The number of carbonyl (C=O) groups is 1. The molecule has 9 heteroatoms. The molecule has 4 rings (SSSR count). The number of fused-ring (bicyclic) bond motifs is 3. The quantitative estimate of drug-likeness (QED) is 0.567. The van der Waals surface area contributed by atoms with Crippen LogP contribution < -0.4 is 17.0 Å². The summed E-state index contributed by atoms with van der Waals surface area (Å²) in [5.41, 5.74) is 6.37. The van der Waals surface area contributed by atoms with Gasteiger partial charge in [-0.3, -0.25) is 18.6 Å². The molecule has 0 fully saturated rings. The molecule has 0 aliphatic rings. The molecule has 1 aromatic carbocycles. The molecular weight excluding hydrogens is 360 g/mol. The number of benzene rings is 1. The second kappa shape index (κ2) is 6.22. The summed E-state index contributed by atoms with van der Waals surface area (Å²) in [7, 11) is 1.52. The molecule has 0 radical (unpaired) electrons. The van der Waals surface area contributed by atoms with Gasteiger partial charge < -0.3 is 10.3 Å². The molecule has 1 amide bonds. The number of nitrogens with two attached hydrogens (primary N) is 1. The summed E-state index contributed by atoms with van der Waals surface area (Å²) in [6.45, 7) is 3.57. The van der Waals surface area contributed by atoms with E-state index >= 15 is 0 Å². The van der Waals surface area contributed by atoms with E-state index in [1.807, 2.05) is 54.9 Å². The van der Waals surface area contributed by atoms with Crippen LogP contribution >= 0.6 is 0 Å². The first-order valence-corrected chi connectivity index (χ1v) is 8.87. The lowest BCUT2D eigenvalue weighted by molar-refractivity contribution is -0.118. The smallest absolute Gasteiger partial charge is 0.332 e. The molecule has 4 aromatic rings. The van der Waals surface area contributed by atoms with E-state index in [4.69, 9.17) is 5.73 Å². The number of aromatic nitrogens is 5. The van der Waals surface area contributed by atoms with Crippen LogP contribution in [0.4, 0.5) is 0 Å². The molecule has 0 aliphatic heterocycles. The number of imidazole rings is 2. The Kier molecular flexibility index (Phi) is 3.95. The van der Waals surface area contributed by atoms with Crippen LogP contribution in [-0.2, 0) is 18.4 Å². The van der Waals surface area contributed by atoms with Gasteiger partial charge in [0, 0.05) is 19.3 Å². The van der Waals surface area contributed by atoms with Gasteiger partial charge in [0.2, 0.25) is 11.7 Å².